The van der Waals surface area contributed by atoms with E-state index in [0.29, 0.717) is 6.04 Å². The third-order valence-electron chi connectivity index (χ3n) is 5.90. The molecule has 0 amide bonds. The van der Waals surface area contributed by atoms with Crippen molar-refractivity contribution in [1.82, 2.24) is 9.88 Å². The molecular formula is C24H26N2O3S. The maximum absolute atomic E-state index is 12.6. The van der Waals surface area contributed by atoms with Crippen LogP contribution in [0.15, 0.2) is 65.0 Å². The minimum atomic E-state index is -3.51. The summed E-state index contributed by atoms with van der Waals surface area (Å²) in [6, 6.07) is 14.5. The summed E-state index contributed by atoms with van der Waals surface area (Å²) in [6.45, 7) is 4.76. The van der Waals surface area contributed by atoms with Crippen molar-refractivity contribution >= 4 is 32.7 Å². The van der Waals surface area contributed by atoms with Crippen LogP contribution in [0.25, 0.3) is 17.0 Å². The fourth-order valence-electron chi connectivity index (χ4n) is 4.21. The second-order valence-electron chi connectivity index (χ2n) is 7.90. The van der Waals surface area contributed by atoms with Crippen molar-refractivity contribution in [2.45, 2.75) is 43.5 Å². The molecule has 0 spiro atoms. The molecule has 5 nitrogen and oxygen atoms in total. The van der Waals surface area contributed by atoms with Crippen molar-refractivity contribution in [3.63, 3.8) is 0 Å². The van der Waals surface area contributed by atoms with E-state index in [1.807, 2.05) is 24.4 Å². The lowest BCUT2D eigenvalue weighted by Crippen LogP contribution is -2.27. The molecule has 1 aliphatic heterocycles. The number of carbonyl (C=O) groups is 1. The molecule has 0 bridgehead atoms. The van der Waals surface area contributed by atoms with Crippen LogP contribution in [-0.2, 0) is 9.84 Å². The third-order valence-corrected chi connectivity index (χ3v) is 7.33. The molecular weight excluding hydrogens is 396 g/mol. The Morgan fingerprint density at radius 1 is 1.20 bits per heavy atom. The van der Waals surface area contributed by atoms with Gasteiger partial charge in [-0.25, -0.2) is 8.42 Å². The number of fused-ring (bicyclic) bond motifs is 1. The lowest BCUT2D eigenvalue weighted by Gasteiger charge is -2.19. The SMILES string of the molecule is CC(=O)n1cc(C(C)[C@H]2CCCN2)c2cc(C=CS(=O)(=O)c3ccccc3)ccc21. The van der Waals surface area contributed by atoms with E-state index in [0.717, 1.165) is 41.4 Å². The van der Waals surface area contributed by atoms with E-state index in [2.05, 4.69) is 12.2 Å². The predicted molar refractivity (Wildman–Crippen MR) is 120 cm³/mol. The summed E-state index contributed by atoms with van der Waals surface area (Å²) in [4.78, 5) is 12.4. The van der Waals surface area contributed by atoms with Crippen LogP contribution in [0.2, 0.25) is 0 Å². The van der Waals surface area contributed by atoms with Gasteiger partial charge in [0.2, 0.25) is 5.91 Å². The molecule has 1 unspecified atom stereocenters. The first-order valence-electron chi connectivity index (χ1n) is 10.2. The number of rotatable bonds is 5. The molecule has 30 heavy (non-hydrogen) atoms. The quantitative estimate of drug-likeness (QED) is 0.652. The number of carbonyl (C=O) groups excluding carboxylic acids is 1. The number of hydrogen-bond donors (Lipinski definition) is 1. The van der Waals surface area contributed by atoms with Gasteiger partial charge in [-0.1, -0.05) is 31.2 Å². The van der Waals surface area contributed by atoms with Crippen molar-refractivity contribution in [1.29, 1.82) is 0 Å². The molecule has 0 saturated carbocycles. The standard InChI is InChI=1S/C24H26N2O3S/c1-17(23-9-6-13-25-23)22-16-26(18(2)27)24-11-10-19(15-21(22)24)12-14-30(28,29)20-7-4-3-5-8-20/h3-5,7-8,10-12,14-17,23,25H,6,9,13H2,1-2H3/t17?,23-/m1/s1. The first-order chi connectivity index (χ1) is 14.4. The summed E-state index contributed by atoms with van der Waals surface area (Å²) in [6.07, 6.45) is 5.83. The number of benzene rings is 2. The van der Waals surface area contributed by atoms with E-state index in [-0.39, 0.29) is 16.7 Å². The average Bonchev–Trinajstić information content (AvgIpc) is 3.40. The summed E-state index contributed by atoms with van der Waals surface area (Å²) in [5.41, 5.74) is 2.75. The van der Waals surface area contributed by atoms with Crippen LogP contribution < -0.4 is 5.32 Å². The van der Waals surface area contributed by atoms with Crippen molar-refractivity contribution in [3.05, 3.63) is 71.3 Å². The fraction of sp³-hybridized carbons (Fsp3) is 0.292. The zero-order chi connectivity index (χ0) is 21.3. The van der Waals surface area contributed by atoms with Gasteiger partial charge in [-0.05, 0) is 66.8 Å². The molecule has 1 N–H and O–H groups in total. The Hall–Kier alpha value is -2.70. The second-order valence-corrected chi connectivity index (χ2v) is 9.74. The summed E-state index contributed by atoms with van der Waals surface area (Å²) >= 11 is 0. The van der Waals surface area contributed by atoms with Gasteiger partial charge in [0.15, 0.2) is 9.84 Å². The molecule has 0 radical (unpaired) electrons. The van der Waals surface area contributed by atoms with E-state index in [4.69, 9.17) is 0 Å². The molecule has 1 aromatic heterocycles. The fourth-order valence-corrected chi connectivity index (χ4v) is 5.24. The van der Waals surface area contributed by atoms with Crippen LogP contribution in [0.1, 0.15) is 48.5 Å². The van der Waals surface area contributed by atoms with Crippen molar-refractivity contribution in [2.24, 2.45) is 0 Å². The van der Waals surface area contributed by atoms with Gasteiger partial charge >= 0.3 is 0 Å². The van der Waals surface area contributed by atoms with Crippen LogP contribution in [0.5, 0.6) is 0 Å². The van der Waals surface area contributed by atoms with Crippen molar-refractivity contribution < 1.29 is 13.2 Å². The van der Waals surface area contributed by atoms with Gasteiger partial charge < -0.3 is 5.32 Å². The number of aromatic nitrogens is 1. The van der Waals surface area contributed by atoms with E-state index < -0.39 is 9.84 Å². The van der Waals surface area contributed by atoms with Crippen LogP contribution in [0, 0.1) is 0 Å². The summed E-state index contributed by atoms with van der Waals surface area (Å²) in [5, 5.41) is 5.78. The highest BCUT2D eigenvalue weighted by molar-refractivity contribution is 7.94. The van der Waals surface area contributed by atoms with E-state index in [1.165, 1.54) is 5.41 Å². The highest BCUT2D eigenvalue weighted by Gasteiger charge is 2.25. The van der Waals surface area contributed by atoms with Crippen molar-refractivity contribution in [3.8, 4) is 0 Å². The van der Waals surface area contributed by atoms with Gasteiger partial charge in [-0.3, -0.25) is 9.36 Å². The van der Waals surface area contributed by atoms with Gasteiger partial charge in [0, 0.05) is 30.0 Å². The van der Waals surface area contributed by atoms with Gasteiger partial charge in [0.25, 0.3) is 0 Å². The number of nitrogens with one attached hydrogen (secondary N) is 1. The molecule has 3 aromatic rings. The van der Waals surface area contributed by atoms with Gasteiger partial charge in [0.1, 0.15) is 0 Å². The van der Waals surface area contributed by atoms with Gasteiger partial charge in [-0.15, -0.1) is 0 Å². The van der Waals surface area contributed by atoms with Crippen LogP contribution in [-0.4, -0.2) is 31.5 Å². The van der Waals surface area contributed by atoms with Crippen molar-refractivity contribution in [2.75, 3.05) is 6.54 Å². The monoisotopic (exact) mass is 422 g/mol. The zero-order valence-corrected chi connectivity index (χ0v) is 18.0. The summed E-state index contributed by atoms with van der Waals surface area (Å²) < 4.78 is 26.8. The predicted octanol–water partition coefficient (Wildman–Crippen LogP) is 4.60. The molecule has 1 saturated heterocycles. The molecule has 2 heterocycles. The average molecular weight is 423 g/mol. The van der Waals surface area contributed by atoms with E-state index >= 15 is 0 Å². The Labute approximate surface area is 177 Å². The Morgan fingerprint density at radius 2 is 1.97 bits per heavy atom. The minimum Gasteiger partial charge on any atom is -0.313 e. The smallest absolute Gasteiger partial charge is 0.227 e. The molecule has 0 aliphatic carbocycles. The first kappa shape index (κ1) is 20.6. The topological polar surface area (TPSA) is 68.2 Å². The summed E-state index contributed by atoms with van der Waals surface area (Å²) in [7, 11) is -3.51. The maximum Gasteiger partial charge on any atom is 0.227 e. The number of nitrogens with zero attached hydrogens (tertiary/aromatic N) is 1. The maximum atomic E-state index is 12.6. The second kappa shape index (κ2) is 8.20. The number of sulfone groups is 1. The Balaban J connectivity index is 1.74. The lowest BCUT2D eigenvalue weighted by atomic mass is 9.91. The van der Waals surface area contributed by atoms with Gasteiger partial charge in [-0.2, -0.15) is 0 Å². The van der Waals surface area contributed by atoms with Gasteiger partial charge in [0.05, 0.1) is 10.4 Å². The molecule has 4 rings (SSSR count). The molecule has 1 aliphatic rings. The molecule has 2 atom stereocenters. The molecule has 2 aromatic carbocycles. The highest BCUT2D eigenvalue weighted by atomic mass is 32.2. The van der Waals surface area contributed by atoms with E-state index in [9.17, 15) is 13.2 Å². The largest absolute Gasteiger partial charge is 0.313 e. The zero-order valence-electron chi connectivity index (χ0n) is 17.2. The highest BCUT2D eigenvalue weighted by Crippen LogP contribution is 2.33. The third kappa shape index (κ3) is 3.98. The van der Waals surface area contributed by atoms with E-state index in [1.54, 1.807) is 47.9 Å². The Morgan fingerprint density at radius 3 is 2.63 bits per heavy atom. The molecule has 6 heteroatoms. The Kier molecular flexibility index (Phi) is 5.62. The minimum absolute atomic E-state index is 0.0345. The molecule has 156 valence electrons. The first-order valence-corrected chi connectivity index (χ1v) is 11.8. The Bertz CT molecular complexity index is 1200. The van der Waals surface area contributed by atoms with Crippen LogP contribution in [0.4, 0.5) is 0 Å². The van der Waals surface area contributed by atoms with Crippen LogP contribution >= 0.6 is 0 Å². The lowest BCUT2D eigenvalue weighted by molar-refractivity contribution is 0.0941. The number of hydrogen-bond acceptors (Lipinski definition) is 4. The summed E-state index contributed by atoms with van der Waals surface area (Å²) in [5.74, 6) is 0.218. The van der Waals surface area contributed by atoms with Crippen LogP contribution in [0.3, 0.4) is 0 Å². The normalized spacial score (nSPS) is 18.3. The molecule has 1 fully saturated rings.